The fourth-order valence-corrected chi connectivity index (χ4v) is 3.52. The second-order valence-corrected chi connectivity index (χ2v) is 7.98. The van der Waals surface area contributed by atoms with E-state index < -0.39 is 17.6 Å². The van der Waals surface area contributed by atoms with Crippen LogP contribution in [0.3, 0.4) is 0 Å². The van der Waals surface area contributed by atoms with Crippen LogP contribution in [0, 0.1) is 0 Å². The number of alkyl halides is 3. The Kier molecular flexibility index (Phi) is 5.74. The lowest BCUT2D eigenvalue weighted by atomic mass is 9.89. The fraction of sp³-hybridized carbons (Fsp3) is 0.304. The molecule has 0 bridgehead atoms. The van der Waals surface area contributed by atoms with Gasteiger partial charge in [0.15, 0.2) is 0 Å². The number of hydrogen-bond acceptors (Lipinski definition) is 3. The molecule has 1 aliphatic rings. The molecule has 2 aromatic rings. The summed E-state index contributed by atoms with van der Waals surface area (Å²) in [5.74, 6) is -0.485. The van der Waals surface area contributed by atoms with Crippen LogP contribution < -0.4 is 10.3 Å². The Labute approximate surface area is 174 Å². The molecule has 0 saturated carbocycles. The highest BCUT2D eigenvalue weighted by atomic mass is 19.4. The van der Waals surface area contributed by atoms with Crippen LogP contribution in [0.4, 0.5) is 18.9 Å². The van der Waals surface area contributed by atoms with Crippen LogP contribution in [0.5, 0.6) is 0 Å². The van der Waals surface area contributed by atoms with Gasteiger partial charge in [0.2, 0.25) is 5.91 Å². The summed E-state index contributed by atoms with van der Waals surface area (Å²) in [5, 5.41) is 3.95. The van der Waals surface area contributed by atoms with Gasteiger partial charge in [-0.15, -0.1) is 0 Å². The van der Waals surface area contributed by atoms with Crippen molar-refractivity contribution in [1.29, 1.82) is 0 Å². The van der Waals surface area contributed by atoms with Crippen molar-refractivity contribution in [1.82, 2.24) is 5.43 Å². The Balaban J connectivity index is 1.67. The Hall–Kier alpha value is -3.09. The Bertz CT molecular complexity index is 1020. The third kappa shape index (κ3) is 4.72. The lowest BCUT2D eigenvalue weighted by Gasteiger charge is -2.40. The highest BCUT2D eigenvalue weighted by molar-refractivity contribution is 5.88. The summed E-state index contributed by atoms with van der Waals surface area (Å²) >= 11 is 0. The van der Waals surface area contributed by atoms with Gasteiger partial charge in [-0.25, -0.2) is 5.43 Å². The van der Waals surface area contributed by atoms with E-state index in [2.05, 4.69) is 42.3 Å². The van der Waals surface area contributed by atoms with Gasteiger partial charge in [0.05, 0.1) is 23.7 Å². The van der Waals surface area contributed by atoms with Gasteiger partial charge >= 0.3 is 6.18 Å². The molecule has 0 aliphatic carbocycles. The molecule has 0 spiro atoms. The second kappa shape index (κ2) is 7.97. The SMILES string of the molecule is CC1=CC(C)(C)N(C)c2ccc(/C=N\NC(=O)Cc3cccc(C(F)(F)F)c3)cc21. The maximum atomic E-state index is 12.8. The first-order valence-electron chi connectivity index (χ1n) is 9.53. The first-order chi connectivity index (χ1) is 14.0. The van der Waals surface area contributed by atoms with Crippen molar-refractivity contribution in [2.24, 2.45) is 5.10 Å². The Morgan fingerprint density at radius 1 is 1.20 bits per heavy atom. The number of hydrazone groups is 1. The fourth-order valence-electron chi connectivity index (χ4n) is 3.52. The monoisotopic (exact) mass is 415 g/mol. The van der Waals surface area contributed by atoms with Crippen molar-refractivity contribution >= 4 is 23.4 Å². The number of nitrogens with one attached hydrogen (secondary N) is 1. The zero-order valence-electron chi connectivity index (χ0n) is 17.3. The minimum atomic E-state index is -4.44. The first-order valence-corrected chi connectivity index (χ1v) is 9.53. The van der Waals surface area contributed by atoms with E-state index in [9.17, 15) is 18.0 Å². The second-order valence-electron chi connectivity index (χ2n) is 7.98. The van der Waals surface area contributed by atoms with Crippen molar-refractivity contribution in [2.45, 2.75) is 38.9 Å². The summed E-state index contributed by atoms with van der Waals surface area (Å²) < 4.78 is 38.3. The zero-order valence-corrected chi connectivity index (χ0v) is 17.3. The lowest BCUT2D eigenvalue weighted by molar-refractivity contribution is -0.137. The third-order valence-corrected chi connectivity index (χ3v) is 5.26. The number of hydrogen-bond donors (Lipinski definition) is 1. The number of likely N-dealkylation sites (N-methyl/N-ethyl adjacent to an activating group) is 1. The van der Waals surface area contributed by atoms with Crippen LogP contribution in [0.2, 0.25) is 0 Å². The summed E-state index contributed by atoms with van der Waals surface area (Å²) in [7, 11) is 2.05. The molecule has 0 fully saturated rings. The predicted molar refractivity (Wildman–Crippen MR) is 113 cm³/mol. The minimum Gasteiger partial charge on any atom is -0.366 e. The molecular weight excluding hydrogens is 391 g/mol. The van der Waals surface area contributed by atoms with Gasteiger partial charge in [-0.3, -0.25) is 4.79 Å². The van der Waals surface area contributed by atoms with Crippen LogP contribution in [-0.2, 0) is 17.4 Å². The molecular formula is C23H24F3N3O. The molecule has 1 heterocycles. The van der Waals surface area contributed by atoms with Crippen LogP contribution in [0.1, 0.15) is 43.0 Å². The van der Waals surface area contributed by atoms with Crippen molar-refractivity contribution in [3.05, 3.63) is 70.8 Å². The number of allylic oxidation sites excluding steroid dienone is 1. The summed E-state index contributed by atoms with van der Waals surface area (Å²) in [5.41, 5.74) is 5.98. The minimum absolute atomic E-state index is 0.0793. The average molecular weight is 415 g/mol. The average Bonchev–Trinajstić information content (AvgIpc) is 2.65. The molecule has 7 heteroatoms. The molecule has 2 aromatic carbocycles. The molecule has 0 radical (unpaired) electrons. The van der Waals surface area contributed by atoms with Crippen LogP contribution in [0.15, 0.2) is 53.6 Å². The van der Waals surface area contributed by atoms with Crippen LogP contribution >= 0.6 is 0 Å². The van der Waals surface area contributed by atoms with Gasteiger partial charge in [-0.1, -0.05) is 30.3 Å². The number of rotatable bonds is 4. The number of fused-ring (bicyclic) bond motifs is 1. The molecule has 0 atom stereocenters. The predicted octanol–water partition coefficient (Wildman–Crippen LogP) is 5.03. The summed E-state index contributed by atoms with van der Waals surface area (Å²) in [6.45, 7) is 6.36. The van der Waals surface area contributed by atoms with Gasteiger partial charge in [-0.05, 0) is 55.7 Å². The third-order valence-electron chi connectivity index (χ3n) is 5.26. The standard InChI is InChI=1S/C23H24F3N3O/c1-15-13-22(2,3)29(4)20-9-8-17(11-19(15)20)14-27-28-21(30)12-16-6-5-7-18(10-16)23(24,25)26/h5-11,13-14H,12H2,1-4H3,(H,28,30)/b27-14-. The van der Waals surface area contributed by atoms with E-state index in [1.807, 2.05) is 25.2 Å². The quantitative estimate of drug-likeness (QED) is 0.562. The topological polar surface area (TPSA) is 44.7 Å². The molecule has 0 saturated heterocycles. The van der Waals surface area contributed by atoms with E-state index in [4.69, 9.17) is 0 Å². The summed E-state index contributed by atoms with van der Waals surface area (Å²) in [6.07, 6.45) is -0.898. The molecule has 158 valence electrons. The summed E-state index contributed by atoms with van der Waals surface area (Å²) in [6, 6.07) is 10.6. The number of carbonyl (C=O) groups is 1. The number of nitrogens with zero attached hydrogens (tertiary/aromatic N) is 2. The molecule has 3 rings (SSSR count). The molecule has 0 unspecified atom stereocenters. The Morgan fingerprint density at radius 3 is 2.63 bits per heavy atom. The highest BCUT2D eigenvalue weighted by Crippen LogP contribution is 2.37. The first kappa shape index (κ1) is 21.6. The van der Waals surface area contributed by atoms with Crippen molar-refractivity contribution in [3.63, 3.8) is 0 Å². The van der Waals surface area contributed by atoms with E-state index in [1.54, 1.807) is 0 Å². The van der Waals surface area contributed by atoms with Crippen LogP contribution in [-0.4, -0.2) is 24.7 Å². The number of carbonyl (C=O) groups excluding carboxylic acids is 1. The molecule has 1 N–H and O–H groups in total. The van der Waals surface area contributed by atoms with E-state index in [-0.39, 0.29) is 17.5 Å². The molecule has 1 aliphatic heterocycles. The van der Waals surface area contributed by atoms with E-state index in [0.717, 1.165) is 34.5 Å². The highest BCUT2D eigenvalue weighted by Gasteiger charge is 2.30. The lowest BCUT2D eigenvalue weighted by Crippen LogP contribution is -2.42. The normalized spacial score (nSPS) is 15.7. The van der Waals surface area contributed by atoms with Gasteiger partial charge < -0.3 is 4.90 Å². The van der Waals surface area contributed by atoms with Crippen molar-refractivity contribution in [3.8, 4) is 0 Å². The number of benzene rings is 2. The largest absolute Gasteiger partial charge is 0.416 e. The maximum Gasteiger partial charge on any atom is 0.416 e. The van der Waals surface area contributed by atoms with E-state index in [1.165, 1.54) is 18.3 Å². The van der Waals surface area contributed by atoms with E-state index >= 15 is 0 Å². The van der Waals surface area contributed by atoms with Gasteiger partial charge in [0.25, 0.3) is 0 Å². The Morgan fingerprint density at radius 2 is 1.93 bits per heavy atom. The number of halogens is 3. The van der Waals surface area contributed by atoms with Crippen molar-refractivity contribution < 1.29 is 18.0 Å². The number of anilines is 1. The van der Waals surface area contributed by atoms with Gasteiger partial charge in [0, 0.05) is 18.3 Å². The molecule has 30 heavy (non-hydrogen) atoms. The summed E-state index contributed by atoms with van der Waals surface area (Å²) in [4.78, 5) is 14.2. The zero-order chi connectivity index (χ0) is 22.1. The number of amides is 1. The van der Waals surface area contributed by atoms with Gasteiger partial charge in [0.1, 0.15) is 0 Å². The smallest absolute Gasteiger partial charge is 0.366 e. The van der Waals surface area contributed by atoms with Crippen molar-refractivity contribution in [2.75, 3.05) is 11.9 Å². The molecule has 0 aromatic heterocycles. The molecule has 4 nitrogen and oxygen atoms in total. The van der Waals surface area contributed by atoms with Crippen LogP contribution in [0.25, 0.3) is 5.57 Å². The van der Waals surface area contributed by atoms with Gasteiger partial charge in [-0.2, -0.15) is 18.3 Å². The molecule has 1 amide bonds. The maximum absolute atomic E-state index is 12.8. The van der Waals surface area contributed by atoms with E-state index in [0.29, 0.717) is 0 Å².